The van der Waals surface area contributed by atoms with Crippen LogP contribution in [-0.4, -0.2) is 30.6 Å². The molecule has 2 nitrogen and oxygen atoms in total. The second-order valence-electron chi connectivity index (χ2n) is 5.92. The molecule has 2 unspecified atom stereocenters. The van der Waals surface area contributed by atoms with Gasteiger partial charge in [-0.25, -0.2) is 0 Å². The van der Waals surface area contributed by atoms with Gasteiger partial charge in [0.2, 0.25) is 0 Å². The van der Waals surface area contributed by atoms with Crippen LogP contribution in [0.2, 0.25) is 0 Å². The van der Waals surface area contributed by atoms with Crippen LogP contribution in [-0.2, 0) is 0 Å². The van der Waals surface area contributed by atoms with E-state index in [-0.39, 0.29) is 0 Å². The number of nitrogens with zero attached hydrogens (tertiary/aromatic N) is 1. The number of nitrogens with two attached hydrogens (primary N) is 1. The lowest BCUT2D eigenvalue weighted by Crippen LogP contribution is -2.49. The third-order valence-corrected chi connectivity index (χ3v) is 4.60. The fourth-order valence-corrected chi connectivity index (χ4v) is 3.40. The van der Waals surface area contributed by atoms with Crippen LogP contribution >= 0.6 is 0 Å². The Labute approximate surface area is 114 Å². The number of hydrogen-bond donors (Lipinski definition) is 1. The normalized spacial score (nSPS) is 25.5. The summed E-state index contributed by atoms with van der Waals surface area (Å²) in [5, 5.41) is 0. The van der Waals surface area contributed by atoms with Crippen molar-refractivity contribution in [2.45, 2.75) is 77.7 Å². The average molecular weight is 254 g/mol. The van der Waals surface area contributed by atoms with E-state index in [4.69, 9.17) is 5.73 Å². The van der Waals surface area contributed by atoms with E-state index >= 15 is 0 Å². The summed E-state index contributed by atoms with van der Waals surface area (Å²) in [5.41, 5.74) is 5.99. The maximum absolute atomic E-state index is 5.99. The zero-order valence-electron chi connectivity index (χ0n) is 12.7. The molecule has 0 saturated carbocycles. The van der Waals surface area contributed by atoms with E-state index in [9.17, 15) is 0 Å². The van der Waals surface area contributed by atoms with Gasteiger partial charge in [0, 0.05) is 12.6 Å². The molecule has 0 radical (unpaired) electrons. The molecule has 0 aromatic rings. The predicted molar refractivity (Wildman–Crippen MR) is 80.8 cm³/mol. The Kier molecular flexibility index (Phi) is 8.70. The molecule has 2 N–H and O–H groups in total. The first-order valence-electron chi connectivity index (χ1n) is 8.27. The predicted octanol–water partition coefficient (Wildman–Crippen LogP) is 3.80. The lowest BCUT2D eigenvalue weighted by molar-refractivity contribution is 0.0934. The highest BCUT2D eigenvalue weighted by Gasteiger charge is 2.28. The van der Waals surface area contributed by atoms with Crippen molar-refractivity contribution in [3.63, 3.8) is 0 Å². The van der Waals surface area contributed by atoms with Gasteiger partial charge in [-0.05, 0) is 38.3 Å². The first kappa shape index (κ1) is 16.0. The highest BCUT2D eigenvalue weighted by molar-refractivity contribution is 4.84. The quantitative estimate of drug-likeness (QED) is 0.634. The maximum Gasteiger partial charge on any atom is 0.0246 e. The molecule has 1 rings (SSSR count). The minimum Gasteiger partial charge on any atom is -0.329 e. The van der Waals surface area contributed by atoms with Crippen molar-refractivity contribution in [1.82, 2.24) is 4.90 Å². The van der Waals surface area contributed by atoms with Gasteiger partial charge in [0.15, 0.2) is 0 Å². The minimum atomic E-state index is 0.666. The van der Waals surface area contributed by atoms with Gasteiger partial charge < -0.3 is 5.73 Å². The molecule has 0 aliphatic carbocycles. The van der Waals surface area contributed by atoms with E-state index in [0.717, 1.165) is 12.5 Å². The topological polar surface area (TPSA) is 29.3 Å². The summed E-state index contributed by atoms with van der Waals surface area (Å²) in [7, 11) is 0. The minimum absolute atomic E-state index is 0.666. The van der Waals surface area contributed by atoms with E-state index in [1.54, 1.807) is 0 Å². The van der Waals surface area contributed by atoms with Gasteiger partial charge in [0.25, 0.3) is 0 Å². The largest absolute Gasteiger partial charge is 0.329 e. The highest BCUT2D eigenvalue weighted by atomic mass is 15.2. The first-order valence-corrected chi connectivity index (χ1v) is 8.27. The van der Waals surface area contributed by atoms with Gasteiger partial charge in [-0.3, -0.25) is 4.90 Å². The standard InChI is InChI=1S/C16H34N2/c1-3-5-6-7-8-9-12-18-13-10-11-15(4-2)16(18)14-17/h15-16H,3-14,17H2,1-2H3. The SMILES string of the molecule is CCCCCCCCN1CCCC(CC)C1CN. The summed E-state index contributed by atoms with van der Waals surface area (Å²) >= 11 is 0. The smallest absolute Gasteiger partial charge is 0.0246 e. The van der Waals surface area contributed by atoms with Crippen molar-refractivity contribution in [1.29, 1.82) is 0 Å². The molecular formula is C16H34N2. The van der Waals surface area contributed by atoms with Gasteiger partial charge in [-0.15, -0.1) is 0 Å². The van der Waals surface area contributed by atoms with Crippen molar-refractivity contribution < 1.29 is 0 Å². The zero-order chi connectivity index (χ0) is 13.2. The summed E-state index contributed by atoms with van der Waals surface area (Å²) < 4.78 is 0. The van der Waals surface area contributed by atoms with Crippen molar-refractivity contribution in [3.05, 3.63) is 0 Å². The molecule has 0 aromatic carbocycles. The Bertz CT molecular complexity index is 194. The molecule has 1 saturated heterocycles. The monoisotopic (exact) mass is 254 g/mol. The van der Waals surface area contributed by atoms with Crippen molar-refractivity contribution in [2.24, 2.45) is 11.7 Å². The molecular weight excluding hydrogens is 220 g/mol. The first-order chi connectivity index (χ1) is 8.83. The van der Waals surface area contributed by atoms with E-state index in [1.165, 1.54) is 70.9 Å². The van der Waals surface area contributed by atoms with E-state index in [2.05, 4.69) is 18.7 Å². The summed E-state index contributed by atoms with van der Waals surface area (Å²) in [6.45, 7) is 8.03. The van der Waals surface area contributed by atoms with Crippen molar-refractivity contribution in [3.8, 4) is 0 Å². The molecule has 108 valence electrons. The molecule has 1 aliphatic rings. The number of hydrogen-bond acceptors (Lipinski definition) is 2. The van der Waals surface area contributed by atoms with Crippen LogP contribution in [0.25, 0.3) is 0 Å². The van der Waals surface area contributed by atoms with E-state index in [1.807, 2.05) is 0 Å². The molecule has 2 atom stereocenters. The fourth-order valence-electron chi connectivity index (χ4n) is 3.40. The Morgan fingerprint density at radius 1 is 1.06 bits per heavy atom. The lowest BCUT2D eigenvalue weighted by Gasteiger charge is -2.40. The molecule has 0 spiro atoms. The van der Waals surface area contributed by atoms with E-state index < -0.39 is 0 Å². The molecule has 1 aliphatic heterocycles. The van der Waals surface area contributed by atoms with Gasteiger partial charge in [0.1, 0.15) is 0 Å². The van der Waals surface area contributed by atoms with Gasteiger partial charge in [0.05, 0.1) is 0 Å². The summed E-state index contributed by atoms with van der Waals surface area (Å²) in [4.78, 5) is 2.68. The average Bonchev–Trinajstić information content (AvgIpc) is 2.42. The van der Waals surface area contributed by atoms with Crippen LogP contribution in [0.1, 0.15) is 71.6 Å². The molecule has 18 heavy (non-hydrogen) atoms. The Hall–Kier alpha value is -0.0800. The van der Waals surface area contributed by atoms with Crippen molar-refractivity contribution >= 4 is 0 Å². The maximum atomic E-state index is 5.99. The number of rotatable bonds is 9. The Balaban J connectivity index is 2.18. The van der Waals surface area contributed by atoms with Crippen LogP contribution in [0.4, 0.5) is 0 Å². The molecule has 0 amide bonds. The number of unbranched alkanes of at least 4 members (excludes halogenated alkanes) is 5. The molecule has 0 bridgehead atoms. The second-order valence-corrected chi connectivity index (χ2v) is 5.92. The molecule has 1 fully saturated rings. The summed E-state index contributed by atoms with van der Waals surface area (Å²) in [6, 6.07) is 0.666. The van der Waals surface area contributed by atoms with Crippen LogP contribution in [0.5, 0.6) is 0 Å². The van der Waals surface area contributed by atoms with Gasteiger partial charge in [-0.2, -0.15) is 0 Å². The second kappa shape index (κ2) is 9.80. The third-order valence-electron chi connectivity index (χ3n) is 4.60. The van der Waals surface area contributed by atoms with Crippen LogP contribution in [0.3, 0.4) is 0 Å². The number of piperidine rings is 1. The fraction of sp³-hybridized carbons (Fsp3) is 1.00. The molecule has 0 aromatic heterocycles. The summed E-state index contributed by atoms with van der Waals surface area (Å²) in [5.74, 6) is 0.851. The lowest BCUT2D eigenvalue weighted by atomic mass is 9.87. The molecule has 1 heterocycles. The zero-order valence-corrected chi connectivity index (χ0v) is 12.7. The van der Waals surface area contributed by atoms with Crippen LogP contribution in [0, 0.1) is 5.92 Å². The van der Waals surface area contributed by atoms with E-state index in [0.29, 0.717) is 6.04 Å². The van der Waals surface area contributed by atoms with Crippen LogP contribution in [0.15, 0.2) is 0 Å². The number of likely N-dealkylation sites (tertiary alicyclic amines) is 1. The van der Waals surface area contributed by atoms with Gasteiger partial charge in [-0.1, -0.05) is 52.4 Å². The third kappa shape index (κ3) is 5.27. The van der Waals surface area contributed by atoms with Crippen LogP contribution < -0.4 is 5.73 Å². The molecule has 2 heteroatoms. The van der Waals surface area contributed by atoms with Gasteiger partial charge >= 0.3 is 0 Å². The highest BCUT2D eigenvalue weighted by Crippen LogP contribution is 2.26. The Morgan fingerprint density at radius 2 is 1.78 bits per heavy atom. The Morgan fingerprint density at radius 3 is 2.44 bits per heavy atom. The van der Waals surface area contributed by atoms with Crippen molar-refractivity contribution in [2.75, 3.05) is 19.6 Å². The summed E-state index contributed by atoms with van der Waals surface area (Å²) in [6.07, 6.45) is 12.5.